The Kier molecular flexibility index (Phi) is 6.19. The van der Waals surface area contributed by atoms with E-state index >= 15 is 0 Å². The lowest BCUT2D eigenvalue weighted by Crippen LogP contribution is -2.44. The van der Waals surface area contributed by atoms with Crippen molar-refractivity contribution in [3.63, 3.8) is 0 Å². The van der Waals surface area contributed by atoms with Crippen LogP contribution in [0.1, 0.15) is 28.8 Å². The molecule has 1 fully saturated rings. The number of amides is 1. The van der Waals surface area contributed by atoms with Gasteiger partial charge >= 0.3 is 0 Å². The van der Waals surface area contributed by atoms with E-state index in [-0.39, 0.29) is 11.9 Å². The molecule has 30 heavy (non-hydrogen) atoms. The molecule has 1 aliphatic rings. The molecule has 0 aromatic heterocycles. The van der Waals surface area contributed by atoms with Crippen molar-refractivity contribution in [2.45, 2.75) is 25.4 Å². The van der Waals surface area contributed by atoms with E-state index in [1.54, 1.807) is 32.4 Å². The molecule has 0 aliphatic carbocycles. The van der Waals surface area contributed by atoms with Gasteiger partial charge < -0.3 is 14.8 Å². The first kappa shape index (κ1) is 20.2. The summed E-state index contributed by atoms with van der Waals surface area (Å²) in [5, 5.41) is 5.73. The predicted octanol–water partition coefficient (Wildman–Crippen LogP) is 4.25. The second-order valence-corrected chi connectivity index (χ2v) is 7.81. The van der Waals surface area contributed by atoms with Gasteiger partial charge in [-0.05, 0) is 47.4 Å². The third-order valence-electron chi connectivity index (χ3n) is 5.76. The Morgan fingerprint density at radius 2 is 1.60 bits per heavy atom. The van der Waals surface area contributed by atoms with E-state index in [2.05, 4.69) is 52.7 Å². The van der Waals surface area contributed by atoms with Gasteiger partial charge in [0.15, 0.2) is 0 Å². The zero-order chi connectivity index (χ0) is 20.9. The number of rotatable bonds is 6. The van der Waals surface area contributed by atoms with E-state index in [0.29, 0.717) is 17.1 Å². The third kappa shape index (κ3) is 4.74. The molecule has 0 radical (unpaired) electrons. The van der Waals surface area contributed by atoms with E-state index in [4.69, 9.17) is 9.47 Å². The van der Waals surface area contributed by atoms with Crippen molar-refractivity contribution in [1.82, 2.24) is 10.2 Å². The van der Waals surface area contributed by atoms with Gasteiger partial charge in [0.2, 0.25) is 0 Å². The van der Waals surface area contributed by atoms with Crippen LogP contribution in [0.4, 0.5) is 0 Å². The van der Waals surface area contributed by atoms with Crippen LogP contribution in [0.3, 0.4) is 0 Å². The largest absolute Gasteiger partial charge is 0.497 e. The number of benzene rings is 3. The lowest BCUT2D eigenvalue weighted by molar-refractivity contribution is 0.0908. The highest BCUT2D eigenvalue weighted by Gasteiger charge is 2.22. The van der Waals surface area contributed by atoms with Crippen molar-refractivity contribution in [1.29, 1.82) is 0 Å². The predicted molar refractivity (Wildman–Crippen MR) is 119 cm³/mol. The van der Waals surface area contributed by atoms with Crippen LogP contribution in [-0.2, 0) is 6.54 Å². The van der Waals surface area contributed by atoms with Crippen LogP contribution in [0.2, 0.25) is 0 Å². The fourth-order valence-electron chi connectivity index (χ4n) is 4.04. The lowest BCUT2D eigenvalue weighted by Gasteiger charge is -2.32. The van der Waals surface area contributed by atoms with Crippen molar-refractivity contribution < 1.29 is 14.3 Å². The van der Waals surface area contributed by atoms with Crippen molar-refractivity contribution >= 4 is 16.7 Å². The summed E-state index contributed by atoms with van der Waals surface area (Å²) in [7, 11) is 3.17. The third-order valence-corrected chi connectivity index (χ3v) is 5.76. The number of carbonyl (C=O) groups excluding carboxylic acids is 1. The van der Waals surface area contributed by atoms with Crippen LogP contribution in [0.5, 0.6) is 11.5 Å². The maximum absolute atomic E-state index is 12.7. The number of fused-ring (bicyclic) bond motifs is 1. The second kappa shape index (κ2) is 9.18. The Balaban J connectivity index is 1.32. The average molecular weight is 405 g/mol. The topological polar surface area (TPSA) is 50.8 Å². The minimum Gasteiger partial charge on any atom is -0.497 e. The number of nitrogens with zero attached hydrogens (tertiary/aromatic N) is 1. The smallest absolute Gasteiger partial charge is 0.251 e. The van der Waals surface area contributed by atoms with Crippen molar-refractivity contribution in [3.05, 3.63) is 71.8 Å². The van der Waals surface area contributed by atoms with E-state index in [9.17, 15) is 4.79 Å². The number of hydrogen-bond donors (Lipinski definition) is 1. The number of piperidine rings is 1. The molecule has 1 saturated heterocycles. The molecular weight excluding hydrogens is 376 g/mol. The first-order chi connectivity index (χ1) is 14.6. The maximum atomic E-state index is 12.7. The minimum atomic E-state index is -0.0832. The molecule has 0 unspecified atom stereocenters. The average Bonchev–Trinajstić information content (AvgIpc) is 2.79. The molecule has 0 saturated carbocycles. The Morgan fingerprint density at radius 3 is 2.27 bits per heavy atom. The zero-order valence-corrected chi connectivity index (χ0v) is 17.6. The highest BCUT2D eigenvalue weighted by atomic mass is 16.5. The van der Waals surface area contributed by atoms with Gasteiger partial charge in [0.25, 0.3) is 5.91 Å². The Hall–Kier alpha value is -3.05. The number of methoxy groups -OCH3 is 2. The first-order valence-electron chi connectivity index (χ1n) is 10.4. The van der Waals surface area contributed by atoms with E-state index in [0.717, 1.165) is 32.5 Å². The van der Waals surface area contributed by atoms with Crippen LogP contribution < -0.4 is 14.8 Å². The molecule has 0 spiro atoms. The van der Waals surface area contributed by atoms with Crippen LogP contribution in [0.25, 0.3) is 10.8 Å². The van der Waals surface area contributed by atoms with Gasteiger partial charge in [0.1, 0.15) is 11.5 Å². The van der Waals surface area contributed by atoms with Crippen molar-refractivity contribution in [2.24, 2.45) is 0 Å². The van der Waals surface area contributed by atoms with Gasteiger partial charge in [-0.15, -0.1) is 0 Å². The molecule has 0 atom stereocenters. The summed E-state index contributed by atoms with van der Waals surface area (Å²) in [6.45, 7) is 2.89. The van der Waals surface area contributed by atoms with Gasteiger partial charge in [0.05, 0.1) is 14.2 Å². The highest BCUT2D eigenvalue weighted by molar-refractivity contribution is 5.95. The van der Waals surface area contributed by atoms with Gasteiger partial charge in [0, 0.05) is 37.3 Å². The summed E-state index contributed by atoms with van der Waals surface area (Å²) in [4.78, 5) is 15.2. The minimum absolute atomic E-state index is 0.0832. The fraction of sp³-hybridized carbons (Fsp3) is 0.320. The molecule has 5 heteroatoms. The van der Waals surface area contributed by atoms with Gasteiger partial charge in [-0.1, -0.05) is 36.4 Å². The number of carbonyl (C=O) groups is 1. The summed E-state index contributed by atoms with van der Waals surface area (Å²) in [6, 6.07) is 20.6. The van der Waals surface area contributed by atoms with Gasteiger partial charge in [-0.3, -0.25) is 9.69 Å². The molecule has 3 aromatic carbocycles. The Labute approximate surface area is 177 Å². The molecule has 156 valence electrons. The molecule has 1 heterocycles. The number of nitrogens with one attached hydrogen (secondary N) is 1. The molecule has 1 N–H and O–H groups in total. The van der Waals surface area contributed by atoms with E-state index in [1.165, 1.54) is 16.3 Å². The standard InChI is InChI=1S/C25H28N2O3/c1-29-23-14-21(15-24(16-23)30-2)25(28)26-22-9-11-27(12-10-22)17-18-7-8-19-5-3-4-6-20(19)13-18/h3-8,13-16,22H,9-12,17H2,1-2H3,(H,26,28). The molecule has 4 rings (SSSR count). The number of hydrogen-bond acceptors (Lipinski definition) is 4. The Bertz CT molecular complexity index is 1000. The van der Waals surface area contributed by atoms with E-state index < -0.39 is 0 Å². The number of ether oxygens (including phenoxy) is 2. The monoisotopic (exact) mass is 404 g/mol. The van der Waals surface area contributed by atoms with Crippen molar-refractivity contribution in [3.8, 4) is 11.5 Å². The van der Waals surface area contributed by atoms with Crippen LogP contribution in [-0.4, -0.2) is 44.2 Å². The lowest BCUT2D eigenvalue weighted by atomic mass is 10.0. The summed E-state index contributed by atoms with van der Waals surface area (Å²) in [5.41, 5.74) is 1.89. The summed E-state index contributed by atoms with van der Waals surface area (Å²) in [6.07, 6.45) is 1.89. The fourth-order valence-corrected chi connectivity index (χ4v) is 4.04. The van der Waals surface area contributed by atoms with Gasteiger partial charge in [-0.25, -0.2) is 0 Å². The van der Waals surface area contributed by atoms with Gasteiger partial charge in [-0.2, -0.15) is 0 Å². The summed E-state index contributed by atoms with van der Waals surface area (Å²) >= 11 is 0. The number of likely N-dealkylation sites (tertiary alicyclic amines) is 1. The molecular formula is C25H28N2O3. The molecule has 5 nitrogen and oxygen atoms in total. The highest BCUT2D eigenvalue weighted by Crippen LogP contribution is 2.23. The molecule has 1 aliphatic heterocycles. The van der Waals surface area contributed by atoms with Crippen molar-refractivity contribution in [2.75, 3.05) is 27.3 Å². The van der Waals surface area contributed by atoms with Crippen LogP contribution in [0.15, 0.2) is 60.7 Å². The first-order valence-corrected chi connectivity index (χ1v) is 10.4. The van der Waals surface area contributed by atoms with Crippen LogP contribution >= 0.6 is 0 Å². The summed E-state index contributed by atoms with van der Waals surface area (Å²) in [5.74, 6) is 1.15. The SMILES string of the molecule is COc1cc(OC)cc(C(=O)NC2CCN(Cc3ccc4ccccc4c3)CC2)c1. The molecule has 1 amide bonds. The second-order valence-electron chi connectivity index (χ2n) is 7.81. The quantitative estimate of drug-likeness (QED) is 0.667. The van der Waals surface area contributed by atoms with E-state index in [1.807, 2.05) is 0 Å². The molecule has 3 aromatic rings. The maximum Gasteiger partial charge on any atom is 0.251 e. The Morgan fingerprint density at radius 1 is 0.933 bits per heavy atom. The zero-order valence-electron chi connectivity index (χ0n) is 17.6. The molecule has 0 bridgehead atoms. The van der Waals surface area contributed by atoms with Crippen LogP contribution in [0, 0.1) is 0 Å². The summed E-state index contributed by atoms with van der Waals surface area (Å²) < 4.78 is 10.5. The normalized spacial score (nSPS) is 15.1.